The minimum atomic E-state index is -0.688. The van der Waals surface area contributed by atoms with Gasteiger partial charge in [0.15, 0.2) is 0 Å². The molecule has 0 saturated carbocycles. The van der Waals surface area contributed by atoms with Crippen molar-refractivity contribution in [3.05, 3.63) is 72.3 Å². The number of hydrogen-bond acceptors (Lipinski definition) is 5. The molecule has 30 heavy (non-hydrogen) atoms. The van der Waals surface area contributed by atoms with Crippen LogP contribution in [0.4, 0.5) is 0 Å². The number of pyridine rings is 2. The quantitative estimate of drug-likeness (QED) is 0.682. The third kappa shape index (κ3) is 3.10. The highest BCUT2D eigenvalue weighted by atomic mass is 16.5. The van der Waals surface area contributed by atoms with E-state index >= 15 is 0 Å². The van der Waals surface area contributed by atoms with Gasteiger partial charge in [0, 0.05) is 50.8 Å². The highest BCUT2D eigenvalue weighted by molar-refractivity contribution is 5.93. The summed E-state index contributed by atoms with van der Waals surface area (Å²) < 4.78 is 6.22. The van der Waals surface area contributed by atoms with E-state index in [0.29, 0.717) is 26.1 Å². The van der Waals surface area contributed by atoms with Gasteiger partial charge in [0.1, 0.15) is 5.60 Å². The molecule has 0 radical (unpaired) electrons. The lowest BCUT2D eigenvalue weighted by atomic mass is 9.76. The van der Waals surface area contributed by atoms with Gasteiger partial charge in [-0.1, -0.05) is 24.3 Å². The van der Waals surface area contributed by atoms with Crippen LogP contribution >= 0.6 is 0 Å². The Morgan fingerprint density at radius 1 is 1.30 bits per heavy atom. The third-order valence-corrected chi connectivity index (χ3v) is 6.37. The Morgan fingerprint density at radius 2 is 2.20 bits per heavy atom. The number of carbonyl (C=O) groups is 2. The van der Waals surface area contributed by atoms with Crippen LogP contribution in [0.1, 0.15) is 11.3 Å². The molecule has 0 aliphatic carbocycles. The number of fused-ring (bicyclic) bond motifs is 1. The number of aromatic nitrogens is 2. The zero-order chi connectivity index (χ0) is 20.7. The van der Waals surface area contributed by atoms with Crippen LogP contribution in [-0.4, -0.2) is 63.4 Å². The predicted molar refractivity (Wildman–Crippen MR) is 109 cm³/mol. The summed E-state index contributed by atoms with van der Waals surface area (Å²) in [6.45, 7) is 1.50. The van der Waals surface area contributed by atoms with Crippen LogP contribution in [0.5, 0.6) is 0 Å². The Kier molecular flexibility index (Phi) is 4.62. The zero-order valence-corrected chi connectivity index (χ0v) is 16.8. The average molecular weight is 404 g/mol. The van der Waals surface area contributed by atoms with E-state index in [2.05, 4.69) is 9.97 Å². The Morgan fingerprint density at radius 3 is 2.97 bits per heavy atom. The summed E-state index contributed by atoms with van der Waals surface area (Å²) >= 11 is 0. The second kappa shape index (κ2) is 7.32. The number of nitrogens with zero attached hydrogens (tertiary/aromatic N) is 4. The molecule has 3 aliphatic heterocycles. The molecule has 7 nitrogen and oxygen atoms in total. The van der Waals surface area contributed by atoms with Gasteiger partial charge in [-0.05, 0) is 23.8 Å². The minimum Gasteiger partial charge on any atom is -0.360 e. The van der Waals surface area contributed by atoms with Crippen LogP contribution in [0, 0.1) is 11.8 Å². The van der Waals surface area contributed by atoms with Crippen molar-refractivity contribution < 1.29 is 14.3 Å². The maximum Gasteiger partial charge on any atom is 0.230 e. The number of likely N-dealkylation sites (N-methyl/N-ethyl adjacent to an activating group) is 1. The molecule has 5 rings (SSSR count). The van der Waals surface area contributed by atoms with Crippen molar-refractivity contribution in [2.75, 3.05) is 20.1 Å². The summed E-state index contributed by atoms with van der Waals surface area (Å²) in [5.41, 5.74) is 1.22. The van der Waals surface area contributed by atoms with Crippen LogP contribution in [0.3, 0.4) is 0 Å². The summed E-state index contributed by atoms with van der Waals surface area (Å²) in [7, 11) is 1.79. The van der Waals surface area contributed by atoms with E-state index < -0.39 is 17.4 Å². The lowest BCUT2D eigenvalue weighted by Crippen LogP contribution is -2.45. The highest BCUT2D eigenvalue weighted by Gasteiger charge is 2.67. The number of rotatable bonds is 6. The molecular weight excluding hydrogens is 380 g/mol. The fraction of sp³-hybridized carbons (Fsp3) is 0.391. The zero-order valence-electron chi connectivity index (χ0n) is 16.8. The molecule has 2 fully saturated rings. The first-order valence-corrected chi connectivity index (χ1v) is 10.3. The molecule has 2 aromatic heterocycles. The van der Waals surface area contributed by atoms with Crippen LogP contribution in [0.25, 0.3) is 0 Å². The summed E-state index contributed by atoms with van der Waals surface area (Å²) in [5, 5.41) is 0. The van der Waals surface area contributed by atoms with Gasteiger partial charge in [-0.3, -0.25) is 19.6 Å². The summed E-state index contributed by atoms with van der Waals surface area (Å²) in [4.78, 5) is 38.6. The molecule has 1 spiro atoms. The number of amides is 2. The molecule has 2 saturated heterocycles. The van der Waals surface area contributed by atoms with E-state index in [0.717, 1.165) is 11.3 Å². The lowest BCUT2D eigenvalue weighted by molar-refractivity contribution is -0.142. The highest BCUT2D eigenvalue weighted by Crippen LogP contribution is 2.52. The summed E-state index contributed by atoms with van der Waals surface area (Å²) in [6, 6.07) is 9.58. The van der Waals surface area contributed by atoms with Gasteiger partial charge >= 0.3 is 0 Å². The van der Waals surface area contributed by atoms with E-state index in [9.17, 15) is 9.59 Å². The number of ether oxygens (including phenoxy) is 1. The van der Waals surface area contributed by atoms with Gasteiger partial charge in [-0.2, -0.15) is 0 Å². The van der Waals surface area contributed by atoms with E-state index in [1.807, 2.05) is 42.5 Å². The second-order valence-electron chi connectivity index (χ2n) is 8.29. The molecule has 2 aromatic rings. The predicted octanol–water partition coefficient (Wildman–Crippen LogP) is 1.46. The van der Waals surface area contributed by atoms with Gasteiger partial charge in [0.2, 0.25) is 11.8 Å². The monoisotopic (exact) mass is 404 g/mol. The summed E-state index contributed by atoms with van der Waals surface area (Å²) in [5.74, 6) is -0.991. The molecule has 2 amide bonds. The topological polar surface area (TPSA) is 75.6 Å². The van der Waals surface area contributed by atoms with E-state index in [1.165, 1.54) is 0 Å². The van der Waals surface area contributed by atoms with Crippen molar-refractivity contribution >= 4 is 11.8 Å². The van der Waals surface area contributed by atoms with Gasteiger partial charge < -0.3 is 14.5 Å². The SMILES string of the molecule is CN(CCc1ccccn1)C(=O)C1C2C(=O)N(Cc3cccnc3)C[C@]23C=C[C@H]1O3. The molecule has 7 heteroatoms. The smallest absolute Gasteiger partial charge is 0.230 e. The Balaban J connectivity index is 1.31. The largest absolute Gasteiger partial charge is 0.360 e. The van der Waals surface area contributed by atoms with E-state index in [4.69, 9.17) is 4.74 Å². The average Bonchev–Trinajstić information content (AvgIpc) is 3.41. The van der Waals surface area contributed by atoms with Crippen LogP contribution in [-0.2, 0) is 27.3 Å². The minimum absolute atomic E-state index is 0.0119. The Hall–Kier alpha value is -3.06. The number of carbonyl (C=O) groups excluding carboxylic acids is 2. The molecule has 3 aliphatic rings. The maximum absolute atomic E-state index is 13.3. The van der Waals surface area contributed by atoms with Gasteiger partial charge in [0.05, 0.1) is 24.5 Å². The van der Waals surface area contributed by atoms with Crippen LogP contribution in [0.15, 0.2) is 61.1 Å². The Labute approximate surface area is 175 Å². The molecule has 0 N–H and O–H groups in total. The first kappa shape index (κ1) is 18.9. The maximum atomic E-state index is 13.3. The number of likely N-dealkylation sites (tertiary alicyclic amines) is 1. The van der Waals surface area contributed by atoms with Crippen molar-refractivity contribution in [1.82, 2.24) is 19.8 Å². The fourth-order valence-electron chi connectivity index (χ4n) is 4.90. The Bertz CT molecular complexity index is 980. The summed E-state index contributed by atoms with van der Waals surface area (Å²) in [6.07, 6.45) is 9.52. The van der Waals surface area contributed by atoms with Crippen molar-refractivity contribution in [2.24, 2.45) is 11.8 Å². The van der Waals surface area contributed by atoms with Crippen LogP contribution < -0.4 is 0 Å². The molecule has 2 bridgehead atoms. The fourth-order valence-corrected chi connectivity index (χ4v) is 4.90. The van der Waals surface area contributed by atoms with E-state index in [1.54, 1.807) is 35.4 Å². The first-order chi connectivity index (χ1) is 14.6. The molecule has 5 heterocycles. The van der Waals surface area contributed by atoms with Crippen molar-refractivity contribution in [2.45, 2.75) is 24.7 Å². The molecule has 0 aromatic carbocycles. The molecule has 154 valence electrons. The van der Waals surface area contributed by atoms with Crippen molar-refractivity contribution in [1.29, 1.82) is 0 Å². The van der Waals surface area contributed by atoms with Crippen molar-refractivity contribution in [3.8, 4) is 0 Å². The first-order valence-electron chi connectivity index (χ1n) is 10.3. The number of hydrogen-bond donors (Lipinski definition) is 0. The second-order valence-corrected chi connectivity index (χ2v) is 8.29. The molecule has 4 atom stereocenters. The standard InChI is InChI=1S/C23H24N4O3/c1-26(12-8-17-6-2-3-11-25-17)21(28)19-18-7-9-23(30-18)15-27(22(29)20(19)23)14-16-5-4-10-24-13-16/h2-7,9-11,13,18-20H,8,12,14-15H2,1H3/t18-,19?,20?,23-/m1/s1. The van der Waals surface area contributed by atoms with Gasteiger partial charge in [0.25, 0.3) is 0 Å². The van der Waals surface area contributed by atoms with Gasteiger partial charge in [-0.15, -0.1) is 0 Å². The van der Waals surface area contributed by atoms with Crippen LogP contribution in [0.2, 0.25) is 0 Å². The van der Waals surface area contributed by atoms with E-state index in [-0.39, 0.29) is 17.9 Å². The van der Waals surface area contributed by atoms with Gasteiger partial charge in [-0.25, -0.2) is 0 Å². The third-order valence-electron chi connectivity index (χ3n) is 6.37. The molecular formula is C23H24N4O3. The van der Waals surface area contributed by atoms with Crippen molar-refractivity contribution in [3.63, 3.8) is 0 Å². The molecule has 2 unspecified atom stereocenters. The lowest BCUT2D eigenvalue weighted by Gasteiger charge is -2.27. The normalized spacial score (nSPS) is 28.8.